The Morgan fingerprint density at radius 2 is 2.32 bits per heavy atom. The van der Waals surface area contributed by atoms with Gasteiger partial charge in [0.25, 0.3) is 5.95 Å². The van der Waals surface area contributed by atoms with E-state index in [1.54, 1.807) is 34.9 Å². The minimum atomic E-state index is 0.176. The first-order chi connectivity index (χ1) is 9.22. The molecule has 1 fully saturated rings. The van der Waals surface area contributed by atoms with Crippen molar-refractivity contribution in [2.75, 3.05) is 6.61 Å². The number of rotatable bonds is 3. The number of hydrogen-bond donors (Lipinski definition) is 0. The Balaban J connectivity index is 1.85. The molecule has 0 aliphatic carbocycles. The molecule has 0 N–H and O–H groups in total. The first-order valence-corrected chi connectivity index (χ1v) is 7.18. The van der Waals surface area contributed by atoms with Gasteiger partial charge in [-0.3, -0.25) is 0 Å². The molecule has 3 heterocycles. The highest BCUT2D eigenvalue weighted by atomic mass is 35.5. The Morgan fingerprint density at radius 1 is 1.42 bits per heavy atom. The molecule has 19 heavy (non-hydrogen) atoms. The van der Waals surface area contributed by atoms with Gasteiger partial charge >= 0.3 is 0 Å². The van der Waals surface area contributed by atoms with E-state index in [1.165, 1.54) is 0 Å². The molecule has 0 aromatic carbocycles. The predicted molar refractivity (Wildman–Crippen MR) is 71.6 cm³/mol. The number of aromatic nitrogens is 5. The van der Waals surface area contributed by atoms with Crippen LogP contribution in [0.5, 0.6) is 0 Å². The minimum absolute atomic E-state index is 0.176. The van der Waals surface area contributed by atoms with Crippen LogP contribution in [-0.4, -0.2) is 42.7 Å². The Kier molecular flexibility index (Phi) is 3.67. The molecule has 2 aromatic rings. The van der Waals surface area contributed by atoms with Crippen molar-refractivity contribution in [1.82, 2.24) is 24.7 Å². The van der Waals surface area contributed by atoms with Gasteiger partial charge in [0.05, 0.1) is 6.10 Å². The molecule has 100 valence electrons. The van der Waals surface area contributed by atoms with Crippen molar-refractivity contribution < 1.29 is 4.74 Å². The van der Waals surface area contributed by atoms with Crippen LogP contribution in [0.4, 0.5) is 0 Å². The summed E-state index contributed by atoms with van der Waals surface area (Å²) in [7, 11) is 0. The lowest BCUT2D eigenvalue weighted by atomic mass is 10.3. The standard InChI is InChI=1S/C11H12ClN5OS/c1-7-8(3-6-18-7)19-11-15-9(12)14-10(16-11)17-5-2-4-13-17/h2,4-5,7-8H,3,6H2,1H3. The van der Waals surface area contributed by atoms with Crippen LogP contribution in [0, 0.1) is 0 Å². The average Bonchev–Trinajstić information content (AvgIpc) is 3.01. The van der Waals surface area contributed by atoms with Crippen LogP contribution in [0.25, 0.3) is 5.95 Å². The quantitative estimate of drug-likeness (QED) is 0.863. The zero-order valence-electron chi connectivity index (χ0n) is 10.2. The topological polar surface area (TPSA) is 65.7 Å². The Bertz CT molecular complexity index is 564. The highest BCUT2D eigenvalue weighted by Crippen LogP contribution is 2.30. The Hall–Kier alpha value is -1.18. The molecule has 1 aliphatic rings. The average molecular weight is 298 g/mol. The van der Waals surface area contributed by atoms with Gasteiger partial charge in [-0.1, -0.05) is 11.8 Å². The van der Waals surface area contributed by atoms with E-state index in [4.69, 9.17) is 16.3 Å². The fourth-order valence-corrected chi connectivity index (χ4v) is 3.10. The minimum Gasteiger partial charge on any atom is -0.377 e. The van der Waals surface area contributed by atoms with E-state index < -0.39 is 0 Å². The number of hydrogen-bond acceptors (Lipinski definition) is 6. The molecule has 2 aromatic heterocycles. The van der Waals surface area contributed by atoms with E-state index in [9.17, 15) is 0 Å². The van der Waals surface area contributed by atoms with E-state index in [-0.39, 0.29) is 11.4 Å². The zero-order chi connectivity index (χ0) is 13.2. The molecule has 0 radical (unpaired) electrons. The fraction of sp³-hybridized carbons (Fsp3) is 0.455. The lowest BCUT2D eigenvalue weighted by molar-refractivity contribution is 0.127. The maximum Gasteiger partial charge on any atom is 0.255 e. The fourth-order valence-electron chi connectivity index (χ4n) is 1.87. The molecule has 2 unspecified atom stereocenters. The van der Waals surface area contributed by atoms with Crippen molar-refractivity contribution in [2.24, 2.45) is 0 Å². The normalized spacial score (nSPS) is 22.8. The van der Waals surface area contributed by atoms with Crippen molar-refractivity contribution in [3.05, 3.63) is 23.7 Å². The van der Waals surface area contributed by atoms with E-state index in [2.05, 4.69) is 27.0 Å². The molecular formula is C11H12ClN5OS. The number of ether oxygens (including phenoxy) is 1. The van der Waals surface area contributed by atoms with Crippen LogP contribution < -0.4 is 0 Å². The summed E-state index contributed by atoms with van der Waals surface area (Å²) in [4.78, 5) is 12.6. The Labute approximate surface area is 119 Å². The van der Waals surface area contributed by atoms with E-state index >= 15 is 0 Å². The zero-order valence-corrected chi connectivity index (χ0v) is 11.8. The Morgan fingerprint density at radius 3 is 3.00 bits per heavy atom. The van der Waals surface area contributed by atoms with E-state index in [0.717, 1.165) is 13.0 Å². The molecule has 1 saturated heterocycles. The van der Waals surface area contributed by atoms with Crippen LogP contribution in [0.3, 0.4) is 0 Å². The largest absolute Gasteiger partial charge is 0.377 e. The second-order valence-corrected chi connectivity index (χ2v) is 5.70. The first-order valence-electron chi connectivity index (χ1n) is 5.92. The van der Waals surface area contributed by atoms with Crippen molar-refractivity contribution in [3.63, 3.8) is 0 Å². The third-order valence-corrected chi connectivity index (χ3v) is 4.33. The van der Waals surface area contributed by atoms with Gasteiger partial charge in [-0.25, -0.2) is 4.68 Å². The van der Waals surface area contributed by atoms with Gasteiger partial charge in [-0.2, -0.15) is 20.1 Å². The van der Waals surface area contributed by atoms with Gasteiger partial charge in [-0.15, -0.1) is 0 Å². The van der Waals surface area contributed by atoms with E-state index in [0.29, 0.717) is 16.4 Å². The smallest absolute Gasteiger partial charge is 0.255 e. The molecule has 8 heteroatoms. The number of nitrogens with zero attached hydrogens (tertiary/aromatic N) is 5. The van der Waals surface area contributed by atoms with Crippen LogP contribution in [0.2, 0.25) is 5.28 Å². The van der Waals surface area contributed by atoms with Gasteiger partial charge in [0, 0.05) is 24.3 Å². The predicted octanol–water partition coefficient (Wildman–Crippen LogP) is 1.98. The van der Waals surface area contributed by atoms with Crippen LogP contribution >= 0.6 is 23.4 Å². The molecule has 1 aliphatic heterocycles. The lowest BCUT2D eigenvalue weighted by Gasteiger charge is -2.12. The van der Waals surface area contributed by atoms with Gasteiger partial charge in [-0.05, 0) is 31.0 Å². The van der Waals surface area contributed by atoms with Gasteiger partial charge in [0.1, 0.15) is 0 Å². The van der Waals surface area contributed by atoms with Crippen LogP contribution in [0.15, 0.2) is 23.6 Å². The van der Waals surface area contributed by atoms with Gasteiger partial charge in [0.2, 0.25) is 5.28 Å². The molecule has 0 amide bonds. The van der Waals surface area contributed by atoms with Crippen LogP contribution in [0.1, 0.15) is 13.3 Å². The van der Waals surface area contributed by atoms with Crippen LogP contribution in [-0.2, 0) is 4.74 Å². The maximum absolute atomic E-state index is 5.94. The molecule has 0 spiro atoms. The van der Waals surface area contributed by atoms with Crippen molar-refractivity contribution >= 4 is 23.4 Å². The SMILES string of the molecule is CC1OCCC1Sc1nc(Cl)nc(-n2cccn2)n1. The second-order valence-electron chi connectivity index (χ2n) is 4.16. The summed E-state index contributed by atoms with van der Waals surface area (Å²) in [6.45, 7) is 2.84. The first kappa shape index (κ1) is 12.8. The molecule has 0 saturated carbocycles. The van der Waals surface area contributed by atoms with Crippen molar-refractivity contribution in [1.29, 1.82) is 0 Å². The highest BCUT2D eigenvalue weighted by Gasteiger charge is 2.26. The molecular weight excluding hydrogens is 286 g/mol. The lowest BCUT2D eigenvalue weighted by Crippen LogP contribution is -2.14. The molecule has 3 rings (SSSR count). The third kappa shape index (κ3) is 2.88. The van der Waals surface area contributed by atoms with Gasteiger partial charge in [0.15, 0.2) is 5.16 Å². The highest BCUT2D eigenvalue weighted by molar-refractivity contribution is 7.99. The molecule has 0 bridgehead atoms. The summed E-state index contributed by atoms with van der Waals surface area (Å²) in [5.41, 5.74) is 0. The summed E-state index contributed by atoms with van der Waals surface area (Å²) < 4.78 is 7.09. The summed E-state index contributed by atoms with van der Waals surface area (Å²) in [5, 5.41) is 5.22. The molecule has 6 nitrogen and oxygen atoms in total. The van der Waals surface area contributed by atoms with Gasteiger partial charge < -0.3 is 4.74 Å². The second kappa shape index (κ2) is 5.44. The maximum atomic E-state index is 5.94. The number of thioether (sulfide) groups is 1. The number of halogens is 1. The third-order valence-electron chi connectivity index (χ3n) is 2.85. The molecule has 2 atom stereocenters. The summed E-state index contributed by atoms with van der Waals surface area (Å²) in [6.07, 6.45) is 4.62. The summed E-state index contributed by atoms with van der Waals surface area (Å²) in [5.74, 6) is 0.430. The van der Waals surface area contributed by atoms with E-state index in [1.807, 2.05) is 0 Å². The van der Waals surface area contributed by atoms with Crippen molar-refractivity contribution in [2.45, 2.75) is 29.9 Å². The summed E-state index contributed by atoms with van der Waals surface area (Å²) in [6, 6.07) is 1.80. The summed E-state index contributed by atoms with van der Waals surface area (Å²) >= 11 is 7.51. The monoisotopic (exact) mass is 297 g/mol. The van der Waals surface area contributed by atoms with Crippen molar-refractivity contribution in [3.8, 4) is 5.95 Å².